The Morgan fingerprint density at radius 1 is 1.22 bits per heavy atom. The van der Waals surface area contributed by atoms with Gasteiger partial charge in [-0.1, -0.05) is 12.1 Å². The highest BCUT2D eigenvalue weighted by atomic mass is 16.5. The highest BCUT2D eigenvalue weighted by Crippen LogP contribution is 2.29. The van der Waals surface area contributed by atoms with Crippen molar-refractivity contribution in [2.24, 2.45) is 0 Å². The lowest BCUT2D eigenvalue weighted by atomic mass is 10.1. The number of benzene rings is 2. The van der Waals surface area contributed by atoms with Crippen LogP contribution in [0.15, 0.2) is 48.0 Å². The van der Waals surface area contributed by atoms with E-state index in [0.29, 0.717) is 23.7 Å². The van der Waals surface area contributed by atoms with Gasteiger partial charge in [-0.05, 0) is 48.9 Å². The van der Waals surface area contributed by atoms with Gasteiger partial charge in [-0.25, -0.2) is 4.79 Å². The molecule has 0 radical (unpaired) electrons. The van der Waals surface area contributed by atoms with Crippen LogP contribution in [0.4, 0.5) is 5.69 Å². The van der Waals surface area contributed by atoms with E-state index in [9.17, 15) is 14.9 Å². The molecule has 27 heavy (non-hydrogen) atoms. The first-order valence-corrected chi connectivity index (χ1v) is 8.05. The molecule has 0 heterocycles. The van der Waals surface area contributed by atoms with E-state index in [4.69, 9.17) is 14.6 Å². The van der Waals surface area contributed by atoms with Gasteiger partial charge in [0.25, 0.3) is 5.91 Å². The number of carboxylic acid groups (broad SMARTS) is 1. The fraction of sp³-hybridized carbons (Fsp3) is 0.150. The van der Waals surface area contributed by atoms with E-state index in [0.717, 1.165) is 0 Å². The molecule has 2 aromatic carbocycles. The maximum Gasteiger partial charge on any atom is 0.335 e. The molecule has 0 bridgehead atoms. The Balaban J connectivity index is 2.25. The van der Waals surface area contributed by atoms with Crippen molar-refractivity contribution in [1.29, 1.82) is 5.26 Å². The number of hydrogen-bond donors (Lipinski definition) is 2. The number of nitrogens with one attached hydrogen (secondary N) is 1. The van der Waals surface area contributed by atoms with Gasteiger partial charge in [0.15, 0.2) is 11.5 Å². The fourth-order valence-electron chi connectivity index (χ4n) is 2.29. The van der Waals surface area contributed by atoms with Crippen LogP contribution in [0.2, 0.25) is 0 Å². The van der Waals surface area contributed by atoms with E-state index < -0.39 is 11.9 Å². The maximum atomic E-state index is 12.3. The van der Waals surface area contributed by atoms with Crippen molar-refractivity contribution >= 4 is 23.6 Å². The van der Waals surface area contributed by atoms with Gasteiger partial charge in [0.2, 0.25) is 0 Å². The number of aromatic carboxylic acids is 1. The molecule has 2 N–H and O–H groups in total. The topological polar surface area (TPSA) is 109 Å². The fourth-order valence-corrected chi connectivity index (χ4v) is 2.29. The van der Waals surface area contributed by atoms with Crippen LogP contribution in [-0.4, -0.2) is 30.7 Å². The Kier molecular flexibility index (Phi) is 6.55. The summed E-state index contributed by atoms with van der Waals surface area (Å²) >= 11 is 0. The van der Waals surface area contributed by atoms with Gasteiger partial charge in [0.05, 0.1) is 19.3 Å². The number of hydrogen-bond acceptors (Lipinski definition) is 5. The highest BCUT2D eigenvalue weighted by Gasteiger charge is 2.12. The number of amides is 1. The lowest BCUT2D eigenvalue weighted by molar-refractivity contribution is -0.112. The molecule has 0 saturated heterocycles. The van der Waals surface area contributed by atoms with Crippen molar-refractivity contribution in [3.8, 4) is 17.6 Å². The minimum Gasteiger partial charge on any atom is -0.493 e. The van der Waals surface area contributed by atoms with E-state index in [2.05, 4.69) is 5.32 Å². The molecule has 0 aliphatic carbocycles. The predicted octanol–water partition coefficient (Wildman–Crippen LogP) is 3.34. The Morgan fingerprint density at radius 2 is 2.00 bits per heavy atom. The van der Waals surface area contributed by atoms with Crippen LogP contribution in [0.5, 0.6) is 11.5 Å². The summed E-state index contributed by atoms with van der Waals surface area (Å²) in [7, 11) is 1.50. The molecule has 0 aliphatic rings. The summed E-state index contributed by atoms with van der Waals surface area (Å²) in [6.07, 6.45) is 1.41. The van der Waals surface area contributed by atoms with Gasteiger partial charge in [0, 0.05) is 5.69 Å². The Hall–Kier alpha value is -3.79. The van der Waals surface area contributed by atoms with Gasteiger partial charge in [0.1, 0.15) is 11.6 Å². The van der Waals surface area contributed by atoms with Crippen LogP contribution in [0.3, 0.4) is 0 Å². The summed E-state index contributed by atoms with van der Waals surface area (Å²) in [5, 5.41) is 20.8. The molecule has 0 fully saturated rings. The molecule has 2 rings (SSSR count). The second kappa shape index (κ2) is 9.06. The molecule has 7 nitrogen and oxygen atoms in total. The molecule has 0 atom stereocenters. The van der Waals surface area contributed by atoms with Gasteiger partial charge in [-0.3, -0.25) is 4.79 Å². The number of nitriles is 1. The van der Waals surface area contributed by atoms with Crippen LogP contribution in [0.25, 0.3) is 6.08 Å². The van der Waals surface area contributed by atoms with Gasteiger partial charge in [-0.15, -0.1) is 0 Å². The number of carboxylic acids is 1. The number of rotatable bonds is 7. The summed E-state index contributed by atoms with van der Waals surface area (Å²) in [4.78, 5) is 23.4. The van der Waals surface area contributed by atoms with E-state index in [1.807, 2.05) is 13.0 Å². The normalized spacial score (nSPS) is 10.6. The van der Waals surface area contributed by atoms with E-state index in [-0.39, 0.29) is 16.8 Å². The monoisotopic (exact) mass is 366 g/mol. The standard InChI is InChI=1S/C20H18N2O5/c1-3-27-17-8-7-13(10-18(17)26-2)9-15(12-21)19(23)22-16-6-4-5-14(11-16)20(24)25/h4-11H,3H2,1-2H3,(H,22,23)(H,24,25)/b15-9-. The number of methoxy groups -OCH3 is 1. The number of anilines is 1. The molecule has 0 aromatic heterocycles. The van der Waals surface area contributed by atoms with Crippen molar-refractivity contribution in [3.05, 3.63) is 59.2 Å². The van der Waals surface area contributed by atoms with Crippen LogP contribution in [-0.2, 0) is 4.79 Å². The zero-order chi connectivity index (χ0) is 19.8. The third-order valence-corrected chi connectivity index (χ3v) is 3.53. The number of carbonyl (C=O) groups excluding carboxylic acids is 1. The second-order valence-electron chi connectivity index (χ2n) is 5.35. The second-order valence-corrected chi connectivity index (χ2v) is 5.35. The third-order valence-electron chi connectivity index (χ3n) is 3.53. The molecular weight excluding hydrogens is 348 g/mol. The van der Waals surface area contributed by atoms with Gasteiger partial charge >= 0.3 is 5.97 Å². The summed E-state index contributed by atoms with van der Waals surface area (Å²) in [5.74, 6) is -0.709. The summed E-state index contributed by atoms with van der Waals surface area (Å²) in [5.41, 5.74) is 0.764. The van der Waals surface area contributed by atoms with Gasteiger partial charge < -0.3 is 19.9 Å². The van der Waals surface area contributed by atoms with Crippen molar-refractivity contribution < 1.29 is 24.2 Å². The third kappa shape index (κ3) is 5.09. The average molecular weight is 366 g/mol. The first-order chi connectivity index (χ1) is 13.0. The maximum absolute atomic E-state index is 12.3. The van der Waals surface area contributed by atoms with Crippen molar-refractivity contribution in [3.63, 3.8) is 0 Å². The predicted molar refractivity (Wildman–Crippen MR) is 99.8 cm³/mol. The molecule has 7 heteroatoms. The molecule has 0 aliphatic heterocycles. The zero-order valence-electron chi connectivity index (χ0n) is 14.9. The first-order valence-electron chi connectivity index (χ1n) is 8.05. The van der Waals surface area contributed by atoms with Crippen LogP contribution in [0, 0.1) is 11.3 Å². The number of ether oxygens (including phenoxy) is 2. The average Bonchev–Trinajstić information content (AvgIpc) is 2.67. The van der Waals surface area contributed by atoms with E-state index in [1.54, 1.807) is 24.3 Å². The van der Waals surface area contributed by atoms with Crippen molar-refractivity contribution in [1.82, 2.24) is 0 Å². The Bertz CT molecular complexity index is 928. The molecule has 2 aromatic rings. The summed E-state index contributed by atoms with van der Waals surface area (Å²) in [6.45, 7) is 2.33. The molecule has 138 valence electrons. The van der Waals surface area contributed by atoms with Crippen LogP contribution < -0.4 is 14.8 Å². The Morgan fingerprint density at radius 3 is 2.63 bits per heavy atom. The molecule has 0 unspecified atom stereocenters. The molecule has 0 saturated carbocycles. The SMILES string of the molecule is CCOc1ccc(/C=C(/C#N)C(=O)Nc2cccc(C(=O)O)c2)cc1OC. The van der Waals surface area contributed by atoms with E-state index >= 15 is 0 Å². The quantitative estimate of drug-likeness (QED) is 0.575. The van der Waals surface area contributed by atoms with Crippen LogP contribution >= 0.6 is 0 Å². The first kappa shape index (κ1) is 19.5. The molecule has 0 spiro atoms. The van der Waals surface area contributed by atoms with Crippen LogP contribution in [0.1, 0.15) is 22.8 Å². The summed E-state index contributed by atoms with van der Waals surface area (Å²) in [6, 6.07) is 12.7. The Labute approximate surface area is 156 Å². The lowest BCUT2D eigenvalue weighted by Crippen LogP contribution is -2.14. The molecular formula is C20H18N2O5. The lowest BCUT2D eigenvalue weighted by Gasteiger charge is -2.10. The zero-order valence-corrected chi connectivity index (χ0v) is 14.9. The minimum absolute atomic E-state index is 0.0338. The largest absolute Gasteiger partial charge is 0.493 e. The summed E-state index contributed by atoms with van der Waals surface area (Å²) < 4.78 is 10.7. The number of nitrogens with zero attached hydrogens (tertiary/aromatic N) is 1. The molecule has 1 amide bonds. The van der Waals surface area contributed by atoms with E-state index in [1.165, 1.54) is 31.4 Å². The van der Waals surface area contributed by atoms with Crippen molar-refractivity contribution in [2.45, 2.75) is 6.92 Å². The number of carbonyl (C=O) groups is 2. The highest BCUT2D eigenvalue weighted by molar-refractivity contribution is 6.10. The van der Waals surface area contributed by atoms with Gasteiger partial charge in [-0.2, -0.15) is 5.26 Å². The smallest absolute Gasteiger partial charge is 0.335 e. The minimum atomic E-state index is -1.11. The van der Waals surface area contributed by atoms with Crippen molar-refractivity contribution in [2.75, 3.05) is 19.0 Å².